The van der Waals surface area contributed by atoms with Crippen molar-refractivity contribution < 1.29 is 9.90 Å². The van der Waals surface area contributed by atoms with Crippen LogP contribution in [0.3, 0.4) is 0 Å². The number of carbonyl (C=O) groups is 1. The Morgan fingerprint density at radius 3 is 2.50 bits per heavy atom. The van der Waals surface area contributed by atoms with E-state index in [2.05, 4.69) is 58.7 Å². The van der Waals surface area contributed by atoms with Gasteiger partial charge in [-0.25, -0.2) is 0 Å². The van der Waals surface area contributed by atoms with Crippen LogP contribution in [0.5, 0.6) is 0 Å². The molecule has 0 aromatic carbocycles. The van der Waals surface area contributed by atoms with Crippen molar-refractivity contribution in [1.82, 2.24) is 10.2 Å². The van der Waals surface area contributed by atoms with Crippen LogP contribution in [0, 0.1) is 10.8 Å². The molecule has 2 atom stereocenters. The van der Waals surface area contributed by atoms with E-state index in [1.807, 2.05) is 0 Å². The SMILES string of the molecule is CCCCC(C)(C)C1=C2CC(NCC(=O)O)CN2C(C(C)(C)C)=N[C@H]1C. The average Bonchev–Trinajstić information content (AvgIpc) is 2.92. The second-order valence-electron chi connectivity index (χ2n) is 9.51. The third kappa shape index (κ3) is 4.48. The van der Waals surface area contributed by atoms with E-state index in [-0.39, 0.29) is 29.5 Å². The number of unbranched alkanes of at least 4 members (excludes halogenated alkanes) is 1. The second kappa shape index (κ2) is 7.71. The van der Waals surface area contributed by atoms with E-state index >= 15 is 0 Å². The highest BCUT2D eigenvalue weighted by atomic mass is 16.4. The summed E-state index contributed by atoms with van der Waals surface area (Å²) >= 11 is 0. The molecule has 2 aliphatic rings. The summed E-state index contributed by atoms with van der Waals surface area (Å²) in [4.78, 5) is 18.5. The highest BCUT2D eigenvalue weighted by Crippen LogP contribution is 2.45. The number of aliphatic imine (C=N–C) groups is 1. The Morgan fingerprint density at radius 2 is 1.96 bits per heavy atom. The Bertz CT molecular complexity index is 599. The molecule has 0 aromatic heterocycles. The van der Waals surface area contributed by atoms with Gasteiger partial charge in [0.2, 0.25) is 0 Å². The maximum atomic E-state index is 11.0. The Labute approximate surface area is 158 Å². The van der Waals surface area contributed by atoms with Gasteiger partial charge in [-0.2, -0.15) is 0 Å². The maximum absolute atomic E-state index is 11.0. The lowest BCUT2D eigenvalue weighted by Gasteiger charge is -2.42. The first-order chi connectivity index (χ1) is 12.0. The number of hydrogen-bond acceptors (Lipinski definition) is 4. The monoisotopic (exact) mass is 363 g/mol. The number of nitrogens with zero attached hydrogens (tertiary/aromatic N) is 2. The maximum Gasteiger partial charge on any atom is 0.317 e. The molecule has 0 spiro atoms. The van der Waals surface area contributed by atoms with Gasteiger partial charge in [-0.05, 0) is 24.3 Å². The molecule has 2 rings (SSSR count). The average molecular weight is 364 g/mol. The van der Waals surface area contributed by atoms with Gasteiger partial charge in [0.25, 0.3) is 0 Å². The largest absolute Gasteiger partial charge is 0.480 e. The van der Waals surface area contributed by atoms with Crippen LogP contribution < -0.4 is 5.32 Å². The lowest BCUT2D eigenvalue weighted by Crippen LogP contribution is -2.45. The standard InChI is InChI=1S/C21H37N3O2/c1-8-9-10-21(6,7)18-14(2)23-19(20(3,4)5)24-13-15(11-16(18)24)22-12-17(25)26/h14-15,22H,8-13H2,1-7H3,(H,25,26)/t14-,15?/m0/s1. The number of carboxylic acid groups (broad SMARTS) is 1. The first-order valence-corrected chi connectivity index (χ1v) is 10.0. The molecule has 0 radical (unpaired) electrons. The van der Waals surface area contributed by atoms with E-state index in [0.29, 0.717) is 0 Å². The molecule has 0 aromatic rings. The van der Waals surface area contributed by atoms with Crippen LogP contribution in [0.2, 0.25) is 0 Å². The van der Waals surface area contributed by atoms with Crippen molar-refractivity contribution in [1.29, 1.82) is 0 Å². The highest BCUT2D eigenvalue weighted by molar-refractivity contribution is 5.90. The van der Waals surface area contributed by atoms with Crippen molar-refractivity contribution in [3.8, 4) is 0 Å². The zero-order valence-corrected chi connectivity index (χ0v) is 17.6. The molecule has 2 N–H and O–H groups in total. The molecular weight excluding hydrogens is 326 g/mol. The summed E-state index contributed by atoms with van der Waals surface area (Å²) in [7, 11) is 0. The van der Waals surface area contributed by atoms with Crippen LogP contribution in [-0.4, -0.2) is 47.0 Å². The minimum Gasteiger partial charge on any atom is -0.480 e. The summed E-state index contributed by atoms with van der Waals surface area (Å²) in [5.41, 5.74) is 2.90. The van der Waals surface area contributed by atoms with Gasteiger partial charge in [-0.3, -0.25) is 9.79 Å². The first-order valence-electron chi connectivity index (χ1n) is 10.0. The van der Waals surface area contributed by atoms with Crippen molar-refractivity contribution >= 4 is 11.8 Å². The fraction of sp³-hybridized carbons (Fsp3) is 0.810. The van der Waals surface area contributed by atoms with Crippen molar-refractivity contribution in [2.24, 2.45) is 15.8 Å². The van der Waals surface area contributed by atoms with Gasteiger partial charge in [0.15, 0.2) is 0 Å². The third-order valence-corrected chi connectivity index (χ3v) is 5.57. The summed E-state index contributed by atoms with van der Waals surface area (Å²) in [6.45, 7) is 16.6. The van der Waals surface area contributed by atoms with E-state index in [9.17, 15) is 4.79 Å². The van der Waals surface area contributed by atoms with E-state index in [0.717, 1.165) is 25.2 Å². The Kier molecular flexibility index (Phi) is 6.21. The van der Waals surface area contributed by atoms with Gasteiger partial charge in [0.05, 0.1) is 12.6 Å². The van der Waals surface area contributed by atoms with Crippen molar-refractivity contribution in [3.05, 3.63) is 11.3 Å². The molecule has 0 aliphatic carbocycles. The van der Waals surface area contributed by atoms with Crippen LogP contribution in [-0.2, 0) is 4.79 Å². The molecule has 0 saturated carbocycles. The van der Waals surface area contributed by atoms with Gasteiger partial charge in [-0.15, -0.1) is 0 Å². The minimum atomic E-state index is -0.801. The quantitative estimate of drug-likeness (QED) is 0.716. The molecule has 1 fully saturated rings. The smallest absolute Gasteiger partial charge is 0.317 e. The molecule has 1 saturated heterocycles. The Hall–Kier alpha value is -1.36. The molecule has 2 aliphatic heterocycles. The summed E-state index contributed by atoms with van der Waals surface area (Å²) in [5.74, 6) is 0.333. The van der Waals surface area contributed by atoms with Crippen molar-refractivity contribution in [2.75, 3.05) is 13.1 Å². The number of nitrogens with one attached hydrogen (secondary N) is 1. The highest BCUT2D eigenvalue weighted by Gasteiger charge is 2.43. The summed E-state index contributed by atoms with van der Waals surface area (Å²) in [5, 5.41) is 12.2. The van der Waals surface area contributed by atoms with E-state index in [1.165, 1.54) is 24.1 Å². The van der Waals surface area contributed by atoms with Gasteiger partial charge in [0.1, 0.15) is 5.84 Å². The lowest BCUT2D eigenvalue weighted by molar-refractivity contribution is -0.136. The predicted octanol–water partition coefficient (Wildman–Crippen LogP) is 4.05. The molecular formula is C21H37N3O2. The van der Waals surface area contributed by atoms with E-state index in [1.54, 1.807) is 0 Å². The minimum absolute atomic E-state index is 0.0118. The molecule has 0 amide bonds. The topological polar surface area (TPSA) is 64.9 Å². The lowest BCUT2D eigenvalue weighted by atomic mass is 9.74. The van der Waals surface area contributed by atoms with E-state index < -0.39 is 5.97 Å². The molecule has 5 heteroatoms. The van der Waals surface area contributed by atoms with Crippen LogP contribution in [0.1, 0.15) is 74.1 Å². The summed E-state index contributed by atoms with van der Waals surface area (Å²) in [6, 6.07) is 0.344. The molecule has 0 bridgehead atoms. The predicted molar refractivity (Wildman–Crippen MR) is 107 cm³/mol. The number of amidine groups is 1. The normalized spacial score (nSPS) is 24.0. The molecule has 5 nitrogen and oxygen atoms in total. The van der Waals surface area contributed by atoms with Crippen molar-refractivity contribution in [3.63, 3.8) is 0 Å². The number of carboxylic acids is 1. The van der Waals surface area contributed by atoms with Gasteiger partial charge in [-0.1, -0.05) is 54.4 Å². The fourth-order valence-corrected chi connectivity index (χ4v) is 4.44. The fourth-order valence-electron chi connectivity index (χ4n) is 4.44. The zero-order chi connectivity index (χ0) is 19.7. The molecule has 1 unspecified atom stereocenters. The van der Waals surface area contributed by atoms with Gasteiger partial charge < -0.3 is 15.3 Å². The third-order valence-electron chi connectivity index (χ3n) is 5.57. The van der Waals surface area contributed by atoms with E-state index in [4.69, 9.17) is 10.1 Å². The molecule has 2 heterocycles. The zero-order valence-electron chi connectivity index (χ0n) is 17.6. The number of rotatable bonds is 7. The van der Waals surface area contributed by atoms with Crippen molar-refractivity contribution in [2.45, 2.75) is 86.2 Å². The van der Waals surface area contributed by atoms with Gasteiger partial charge in [0, 0.05) is 30.1 Å². The van der Waals surface area contributed by atoms with Crippen LogP contribution in [0.15, 0.2) is 16.3 Å². The summed E-state index contributed by atoms with van der Waals surface area (Å²) < 4.78 is 0. The Morgan fingerprint density at radius 1 is 1.31 bits per heavy atom. The number of aliphatic carboxylic acids is 1. The molecule has 148 valence electrons. The van der Waals surface area contributed by atoms with Crippen LogP contribution in [0.25, 0.3) is 0 Å². The van der Waals surface area contributed by atoms with Gasteiger partial charge >= 0.3 is 5.97 Å². The number of hydrogen-bond donors (Lipinski definition) is 2. The Balaban J connectivity index is 2.39. The van der Waals surface area contributed by atoms with Crippen LogP contribution in [0.4, 0.5) is 0 Å². The van der Waals surface area contributed by atoms with Crippen LogP contribution >= 0.6 is 0 Å². The number of fused-ring (bicyclic) bond motifs is 1. The summed E-state index contributed by atoms with van der Waals surface area (Å²) in [6.07, 6.45) is 4.46. The first kappa shape index (κ1) is 20.9. The molecule has 26 heavy (non-hydrogen) atoms. The second-order valence-corrected chi connectivity index (χ2v) is 9.51.